The highest BCUT2D eigenvalue weighted by molar-refractivity contribution is 5.81. The second-order valence-corrected chi connectivity index (χ2v) is 6.87. The van der Waals surface area contributed by atoms with E-state index in [0.717, 1.165) is 49.9 Å². The van der Waals surface area contributed by atoms with Gasteiger partial charge in [-0.25, -0.2) is 4.68 Å². The van der Waals surface area contributed by atoms with Crippen LogP contribution in [-0.4, -0.2) is 20.9 Å². The molecule has 1 N–H and O–H groups in total. The Labute approximate surface area is 130 Å². The van der Waals surface area contributed by atoms with Gasteiger partial charge in [0.2, 0.25) is 0 Å². The number of aromatic nitrogens is 3. The van der Waals surface area contributed by atoms with Gasteiger partial charge in [0.1, 0.15) is 5.65 Å². The highest BCUT2D eigenvalue weighted by Crippen LogP contribution is 2.30. The van der Waals surface area contributed by atoms with Crippen molar-refractivity contribution in [2.24, 2.45) is 0 Å². The van der Waals surface area contributed by atoms with Crippen molar-refractivity contribution in [3.8, 4) is 0 Å². The number of pyridine rings is 1. The maximum absolute atomic E-state index is 13.2. The third-order valence-corrected chi connectivity index (χ3v) is 5.10. The summed E-state index contributed by atoms with van der Waals surface area (Å²) in [5.41, 5.74) is 3.52. The Morgan fingerprint density at radius 2 is 2.00 bits per heavy atom. The van der Waals surface area contributed by atoms with E-state index in [9.17, 15) is 4.79 Å². The lowest BCUT2D eigenvalue weighted by Gasteiger charge is -2.24. The van der Waals surface area contributed by atoms with Crippen LogP contribution in [-0.2, 0) is 12.8 Å². The van der Waals surface area contributed by atoms with Gasteiger partial charge in [-0.15, -0.1) is 0 Å². The lowest BCUT2D eigenvalue weighted by Crippen LogP contribution is -2.35. The smallest absolute Gasteiger partial charge is 0.256 e. The molecule has 0 radical (unpaired) electrons. The summed E-state index contributed by atoms with van der Waals surface area (Å²) in [4.78, 5) is 13.2. The van der Waals surface area contributed by atoms with Crippen molar-refractivity contribution in [1.29, 1.82) is 0 Å². The van der Waals surface area contributed by atoms with E-state index in [1.807, 2.05) is 15.4 Å². The van der Waals surface area contributed by atoms with Crippen LogP contribution in [0.1, 0.15) is 62.9 Å². The SMILES string of the molecule is CC(C)n1ncc2c3c(c(=O)n(C4CCCN4)c21)CCCC3. The minimum absolute atomic E-state index is 0.122. The summed E-state index contributed by atoms with van der Waals surface area (Å²) in [5.74, 6) is 0. The molecule has 2 aliphatic rings. The fourth-order valence-electron chi connectivity index (χ4n) is 4.04. The molecule has 1 fully saturated rings. The van der Waals surface area contributed by atoms with E-state index < -0.39 is 0 Å². The van der Waals surface area contributed by atoms with Crippen molar-refractivity contribution in [2.45, 2.75) is 64.6 Å². The van der Waals surface area contributed by atoms with Gasteiger partial charge in [-0.05, 0) is 64.5 Å². The normalized spacial score (nSPS) is 21.7. The minimum atomic E-state index is 0.122. The van der Waals surface area contributed by atoms with Crippen LogP contribution in [0.15, 0.2) is 11.0 Å². The van der Waals surface area contributed by atoms with Gasteiger partial charge < -0.3 is 0 Å². The molecule has 22 heavy (non-hydrogen) atoms. The average Bonchev–Trinajstić information content (AvgIpc) is 3.17. The van der Waals surface area contributed by atoms with Crippen molar-refractivity contribution >= 4 is 11.0 Å². The predicted molar refractivity (Wildman–Crippen MR) is 87.3 cm³/mol. The first-order valence-corrected chi connectivity index (χ1v) is 8.55. The van der Waals surface area contributed by atoms with Crippen molar-refractivity contribution in [1.82, 2.24) is 19.7 Å². The molecule has 2 aromatic heterocycles. The topological polar surface area (TPSA) is 51.9 Å². The zero-order valence-corrected chi connectivity index (χ0v) is 13.4. The fraction of sp³-hybridized carbons (Fsp3) is 0.647. The largest absolute Gasteiger partial charge is 0.297 e. The maximum Gasteiger partial charge on any atom is 0.256 e. The van der Waals surface area contributed by atoms with E-state index in [0.29, 0.717) is 0 Å². The van der Waals surface area contributed by atoms with E-state index in [4.69, 9.17) is 0 Å². The summed E-state index contributed by atoms with van der Waals surface area (Å²) < 4.78 is 4.02. The Kier molecular flexibility index (Phi) is 3.33. The zero-order chi connectivity index (χ0) is 15.3. The summed E-state index contributed by atoms with van der Waals surface area (Å²) in [6.07, 6.45) is 8.50. The lowest BCUT2D eigenvalue weighted by molar-refractivity contribution is 0.443. The molecule has 0 amide bonds. The van der Waals surface area contributed by atoms with Crippen LogP contribution >= 0.6 is 0 Å². The third kappa shape index (κ3) is 1.95. The Bertz CT molecular complexity index is 765. The van der Waals surface area contributed by atoms with Gasteiger partial charge in [0.25, 0.3) is 5.56 Å². The van der Waals surface area contributed by atoms with Crippen molar-refractivity contribution < 1.29 is 0 Å². The van der Waals surface area contributed by atoms with Gasteiger partial charge in [-0.1, -0.05) is 0 Å². The molecule has 0 aromatic carbocycles. The quantitative estimate of drug-likeness (QED) is 0.927. The van der Waals surface area contributed by atoms with Crippen LogP contribution in [0.3, 0.4) is 0 Å². The van der Waals surface area contributed by atoms with E-state index in [2.05, 4.69) is 24.3 Å². The van der Waals surface area contributed by atoms with Crippen LogP contribution in [0.5, 0.6) is 0 Å². The molecule has 1 aliphatic heterocycles. The first-order valence-electron chi connectivity index (χ1n) is 8.55. The lowest BCUT2D eigenvalue weighted by atomic mass is 9.91. The molecule has 1 saturated heterocycles. The molecule has 5 heteroatoms. The van der Waals surface area contributed by atoms with Crippen LogP contribution in [0.4, 0.5) is 0 Å². The molecular weight excluding hydrogens is 276 g/mol. The molecule has 5 nitrogen and oxygen atoms in total. The average molecular weight is 300 g/mol. The van der Waals surface area contributed by atoms with Gasteiger partial charge >= 0.3 is 0 Å². The van der Waals surface area contributed by atoms with Gasteiger partial charge in [-0.2, -0.15) is 5.10 Å². The summed E-state index contributed by atoms with van der Waals surface area (Å²) in [6, 6.07) is 0.256. The standard InChI is InChI=1S/C17H24N4O/c1-11(2)21-16-14(10-19-21)12-6-3-4-7-13(12)17(22)20(16)15-8-5-9-18-15/h10-11,15,18H,3-9H2,1-2H3. The molecule has 118 valence electrons. The molecule has 0 spiro atoms. The van der Waals surface area contributed by atoms with Crippen LogP contribution in [0.2, 0.25) is 0 Å². The third-order valence-electron chi connectivity index (χ3n) is 5.10. The Morgan fingerprint density at radius 3 is 2.68 bits per heavy atom. The summed E-state index contributed by atoms with van der Waals surface area (Å²) in [6.45, 7) is 5.25. The second kappa shape index (κ2) is 5.23. The molecule has 2 aromatic rings. The molecule has 0 saturated carbocycles. The van der Waals surface area contributed by atoms with Crippen molar-refractivity contribution in [3.63, 3.8) is 0 Å². The monoisotopic (exact) mass is 300 g/mol. The van der Waals surface area contributed by atoms with Crippen molar-refractivity contribution in [2.75, 3.05) is 6.54 Å². The number of hydrogen-bond donors (Lipinski definition) is 1. The van der Waals surface area contributed by atoms with Crippen LogP contribution in [0, 0.1) is 0 Å². The Hall–Kier alpha value is -1.62. The minimum Gasteiger partial charge on any atom is -0.297 e. The van der Waals surface area contributed by atoms with E-state index in [-0.39, 0.29) is 17.8 Å². The first-order chi connectivity index (χ1) is 10.7. The highest BCUT2D eigenvalue weighted by atomic mass is 16.1. The Morgan fingerprint density at radius 1 is 1.23 bits per heavy atom. The maximum atomic E-state index is 13.2. The summed E-state index contributed by atoms with van der Waals surface area (Å²) in [7, 11) is 0. The molecular formula is C17H24N4O. The van der Waals surface area contributed by atoms with Crippen LogP contribution in [0.25, 0.3) is 11.0 Å². The van der Waals surface area contributed by atoms with Gasteiger partial charge in [-0.3, -0.25) is 14.7 Å². The number of nitrogens with zero attached hydrogens (tertiary/aromatic N) is 3. The molecule has 1 unspecified atom stereocenters. The molecule has 0 bridgehead atoms. The van der Waals surface area contributed by atoms with Crippen molar-refractivity contribution in [3.05, 3.63) is 27.7 Å². The number of fused-ring (bicyclic) bond motifs is 3. The molecule has 1 aliphatic carbocycles. The number of hydrogen-bond acceptors (Lipinski definition) is 3. The number of rotatable bonds is 2. The highest BCUT2D eigenvalue weighted by Gasteiger charge is 2.27. The van der Waals surface area contributed by atoms with Gasteiger partial charge in [0.05, 0.1) is 12.4 Å². The first kappa shape index (κ1) is 14.0. The van der Waals surface area contributed by atoms with E-state index in [1.54, 1.807) is 0 Å². The Balaban J connectivity index is 2.08. The molecule has 1 atom stereocenters. The van der Waals surface area contributed by atoms with Crippen LogP contribution < -0.4 is 10.9 Å². The number of nitrogens with one attached hydrogen (secondary N) is 1. The second-order valence-electron chi connectivity index (χ2n) is 6.87. The zero-order valence-electron chi connectivity index (χ0n) is 13.4. The molecule has 4 rings (SSSR count). The van der Waals surface area contributed by atoms with E-state index >= 15 is 0 Å². The van der Waals surface area contributed by atoms with E-state index in [1.165, 1.54) is 17.4 Å². The predicted octanol–water partition coefficient (Wildman–Crippen LogP) is 2.54. The fourth-order valence-corrected chi connectivity index (χ4v) is 4.04. The summed E-state index contributed by atoms with van der Waals surface area (Å²) in [5, 5.41) is 9.29. The summed E-state index contributed by atoms with van der Waals surface area (Å²) >= 11 is 0. The van der Waals surface area contributed by atoms with Gasteiger partial charge in [0, 0.05) is 17.0 Å². The van der Waals surface area contributed by atoms with Gasteiger partial charge in [0.15, 0.2) is 0 Å². The number of aryl methyl sites for hydroxylation is 1. The molecule has 3 heterocycles.